The summed E-state index contributed by atoms with van der Waals surface area (Å²) in [6, 6.07) is 7.54. The highest BCUT2D eigenvalue weighted by atomic mass is 16.5. The molecule has 0 bridgehead atoms. The molecule has 0 aliphatic carbocycles. The van der Waals surface area contributed by atoms with Crippen LogP contribution in [-0.2, 0) is 18.4 Å². The molecule has 0 saturated carbocycles. The summed E-state index contributed by atoms with van der Waals surface area (Å²) in [5.41, 5.74) is 7.34. The number of anilines is 1. The molecule has 0 spiro atoms. The second-order valence-corrected chi connectivity index (χ2v) is 4.75. The van der Waals surface area contributed by atoms with E-state index in [1.54, 1.807) is 17.1 Å². The van der Waals surface area contributed by atoms with Crippen molar-refractivity contribution in [1.82, 2.24) is 9.78 Å². The highest BCUT2D eigenvalue weighted by Crippen LogP contribution is 2.11. The molecule has 0 atom stereocenters. The predicted octanol–water partition coefficient (Wildman–Crippen LogP) is 1.68. The summed E-state index contributed by atoms with van der Waals surface area (Å²) in [5.74, 6) is 0.688. The zero-order valence-electron chi connectivity index (χ0n) is 12.1. The first-order valence-electron chi connectivity index (χ1n) is 6.87. The van der Waals surface area contributed by atoms with Crippen LogP contribution in [0.1, 0.15) is 18.4 Å². The fourth-order valence-corrected chi connectivity index (χ4v) is 1.90. The minimum absolute atomic E-state index is 0.0287. The van der Waals surface area contributed by atoms with Crippen molar-refractivity contribution in [3.63, 3.8) is 0 Å². The number of nitrogens with two attached hydrogens (primary N) is 1. The van der Waals surface area contributed by atoms with Gasteiger partial charge in [-0.05, 0) is 24.1 Å². The molecule has 0 aliphatic rings. The molecule has 3 N–H and O–H groups in total. The minimum Gasteiger partial charge on any atom is -0.490 e. The van der Waals surface area contributed by atoms with Gasteiger partial charge in [-0.2, -0.15) is 5.10 Å². The third kappa shape index (κ3) is 4.92. The second-order valence-electron chi connectivity index (χ2n) is 4.75. The SMILES string of the molecule is Cn1cc(OCCCC(=O)Nc2cccc(CN)c2)cn1. The van der Waals surface area contributed by atoms with E-state index in [-0.39, 0.29) is 5.91 Å². The number of rotatable bonds is 7. The molecular weight excluding hydrogens is 268 g/mol. The zero-order chi connectivity index (χ0) is 15.1. The summed E-state index contributed by atoms with van der Waals surface area (Å²) in [6.45, 7) is 0.949. The summed E-state index contributed by atoms with van der Waals surface area (Å²) in [6.07, 6.45) is 4.50. The highest BCUT2D eigenvalue weighted by Gasteiger charge is 2.04. The van der Waals surface area contributed by atoms with Gasteiger partial charge in [0.1, 0.15) is 0 Å². The number of ether oxygens (including phenoxy) is 1. The van der Waals surface area contributed by atoms with Crippen molar-refractivity contribution < 1.29 is 9.53 Å². The van der Waals surface area contributed by atoms with Crippen molar-refractivity contribution in [1.29, 1.82) is 0 Å². The Morgan fingerprint density at radius 1 is 1.48 bits per heavy atom. The Bertz CT molecular complexity index is 595. The van der Waals surface area contributed by atoms with Gasteiger partial charge in [0.15, 0.2) is 5.75 Å². The fraction of sp³-hybridized carbons (Fsp3) is 0.333. The lowest BCUT2D eigenvalue weighted by Crippen LogP contribution is -2.13. The van der Waals surface area contributed by atoms with Gasteiger partial charge < -0.3 is 15.8 Å². The van der Waals surface area contributed by atoms with Gasteiger partial charge in [0.2, 0.25) is 5.91 Å². The number of aryl methyl sites for hydroxylation is 1. The highest BCUT2D eigenvalue weighted by molar-refractivity contribution is 5.90. The van der Waals surface area contributed by atoms with Crippen LogP contribution in [0.3, 0.4) is 0 Å². The molecule has 0 fully saturated rings. The van der Waals surface area contributed by atoms with E-state index < -0.39 is 0 Å². The van der Waals surface area contributed by atoms with E-state index >= 15 is 0 Å². The van der Waals surface area contributed by atoms with Crippen molar-refractivity contribution in [2.75, 3.05) is 11.9 Å². The van der Waals surface area contributed by atoms with Gasteiger partial charge in [-0.25, -0.2) is 0 Å². The molecule has 6 heteroatoms. The van der Waals surface area contributed by atoms with Gasteiger partial charge in [-0.1, -0.05) is 12.1 Å². The summed E-state index contributed by atoms with van der Waals surface area (Å²) in [7, 11) is 1.83. The van der Waals surface area contributed by atoms with Crippen LogP contribution >= 0.6 is 0 Å². The molecule has 2 aromatic rings. The molecule has 1 aromatic carbocycles. The van der Waals surface area contributed by atoms with Crippen LogP contribution in [0.4, 0.5) is 5.69 Å². The van der Waals surface area contributed by atoms with Gasteiger partial charge in [0, 0.05) is 25.7 Å². The van der Waals surface area contributed by atoms with Crippen molar-refractivity contribution in [2.24, 2.45) is 12.8 Å². The van der Waals surface area contributed by atoms with Crippen LogP contribution in [0, 0.1) is 0 Å². The Morgan fingerprint density at radius 2 is 2.33 bits per heavy atom. The third-order valence-electron chi connectivity index (χ3n) is 2.94. The maximum Gasteiger partial charge on any atom is 0.224 e. The Labute approximate surface area is 123 Å². The summed E-state index contributed by atoms with van der Waals surface area (Å²) in [5, 5.41) is 6.86. The lowest BCUT2D eigenvalue weighted by atomic mass is 10.2. The van der Waals surface area contributed by atoms with Crippen LogP contribution in [0.25, 0.3) is 0 Å². The van der Waals surface area contributed by atoms with Crippen molar-refractivity contribution in [3.05, 3.63) is 42.2 Å². The van der Waals surface area contributed by atoms with E-state index in [2.05, 4.69) is 10.4 Å². The average molecular weight is 288 g/mol. The molecule has 2 rings (SSSR count). The lowest BCUT2D eigenvalue weighted by molar-refractivity contribution is -0.116. The molecule has 21 heavy (non-hydrogen) atoms. The maximum atomic E-state index is 11.8. The Hall–Kier alpha value is -2.34. The summed E-state index contributed by atoms with van der Waals surface area (Å²) >= 11 is 0. The summed E-state index contributed by atoms with van der Waals surface area (Å²) < 4.78 is 7.16. The van der Waals surface area contributed by atoms with Crippen LogP contribution in [0.2, 0.25) is 0 Å². The Morgan fingerprint density at radius 3 is 3.05 bits per heavy atom. The first-order valence-corrected chi connectivity index (χ1v) is 6.87. The first kappa shape index (κ1) is 15.1. The quantitative estimate of drug-likeness (QED) is 0.759. The molecule has 1 heterocycles. The number of benzene rings is 1. The van der Waals surface area contributed by atoms with Crippen LogP contribution in [-0.4, -0.2) is 22.3 Å². The molecule has 6 nitrogen and oxygen atoms in total. The topological polar surface area (TPSA) is 82.2 Å². The largest absolute Gasteiger partial charge is 0.490 e. The number of aromatic nitrogens is 2. The van der Waals surface area contributed by atoms with Gasteiger partial charge in [0.05, 0.1) is 19.0 Å². The van der Waals surface area contributed by atoms with E-state index in [1.807, 2.05) is 31.3 Å². The molecule has 0 unspecified atom stereocenters. The molecule has 0 aliphatic heterocycles. The number of carbonyl (C=O) groups excluding carboxylic acids is 1. The van der Waals surface area contributed by atoms with Crippen LogP contribution < -0.4 is 15.8 Å². The minimum atomic E-state index is -0.0287. The molecule has 1 aromatic heterocycles. The van der Waals surface area contributed by atoms with Crippen molar-refractivity contribution in [3.8, 4) is 5.75 Å². The smallest absolute Gasteiger partial charge is 0.224 e. The van der Waals surface area contributed by atoms with Gasteiger partial charge in [-0.15, -0.1) is 0 Å². The molecule has 1 amide bonds. The first-order chi connectivity index (χ1) is 10.2. The number of carbonyl (C=O) groups is 1. The predicted molar refractivity (Wildman–Crippen MR) is 80.9 cm³/mol. The number of nitrogens with zero attached hydrogens (tertiary/aromatic N) is 2. The van der Waals surface area contributed by atoms with Gasteiger partial charge in [-0.3, -0.25) is 9.48 Å². The molecule has 0 radical (unpaired) electrons. The van der Waals surface area contributed by atoms with Crippen molar-refractivity contribution >= 4 is 11.6 Å². The molecule has 0 saturated heterocycles. The standard InChI is InChI=1S/C15H20N4O2/c1-19-11-14(10-17-19)21-7-3-6-15(20)18-13-5-2-4-12(8-13)9-16/h2,4-5,8,10-11H,3,6-7,9,16H2,1H3,(H,18,20). The van der Waals surface area contributed by atoms with E-state index in [0.29, 0.717) is 31.7 Å². The molecule has 112 valence electrons. The normalized spacial score (nSPS) is 10.4. The van der Waals surface area contributed by atoms with E-state index in [9.17, 15) is 4.79 Å². The van der Waals surface area contributed by atoms with Crippen molar-refractivity contribution in [2.45, 2.75) is 19.4 Å². The third-order valence-corrected chi connectivity index (χ3v) is 2.94. The fourth-order valence-electron chi connectivity index (χ4n) is 1.90. The lowest BCUT2D eigenvalue weighted by Gasteiger charge is -2.07. The summed E-state index contributed by atoms with van der Waals surface area (Å²) in [4.78, 5) is 11.8. The second kappa shape index (κ2) is 7.44. The zero-order valence-corrected chi connectivity index (χ0v) is 12.1. The van der Waals surface area contributed by atoms with E-state index in [4.69, 9.17) is 10.5 Å². The van der Waals surface area contributed by atoms with E-state index in [1.165, 1.54) is 0 Å². The van der Waals surface area contributed by atoms with Crippen LogP contribution in [0.15, 0.2) is 36.7 Å². The number of hydrogen-bond donors (Lipinski definition) is 2. The number of amides is 1. The maximum absolute atomic E-state index is 11.8. The van der Waals surface area contributed by atoms with E-state index in [0.717, 1.165) is 11.3 Å². The average Bonchev–Trinajstić information content (AvgIpc) is 2.89. The molecular formula is C15H20N4O2. The monoisotopic (exact) mass is 288 g/mol. The number of nitrogens with one attached hydrogen (secondary N) is 1. The van der Waals surface area contributed by atoms with Gasteiger partial charge >= 0.3 is 0 Å². The van der Waals surface area contributed by atoms with Gasteiger partial charge in [0.25, 0.3) is 0 Å². The Balaban J connectivity index is 1.69. The van der Waals surface area contributed by atoms with Crippen LogP contribution in [0.5, 0.6) is 5.75 Å². The Kier molecular flexibility index (Phi) is 5.34. The number of hydrogen-bond acceptors (Lipinski definition) is 4.